The number of carbonyl (C=O) groups excluding carboxylic acids is 1. The topological polar surface area (TPSA) is 50.4 Å². The molecule has 0 amide bonds. The third-order valence-electron chi connectivity index (χ3n) is 2.13. The molecular formula is C9H18N2O2. The highest BCUT2D eigenvalue weighted by molar-refractivity contribution is 5.71. The number of nitrogens with one attached hydrogen (secondary N) is 2. The fourth-order valence-corrected chi connectivity index (χ4v) is 1.49. The normalized spacial score (nSPS) is 21.8. The molecule has 4 nitrogen and oxygen atoms in total. The highest BCUT2D eigenvalue weighted by Gasteiger charge is 2.13. The Bertz CT molecular complexity index is 156. The van der Waals surface area contributed by atoms with E-state index in [0.717, 1.165) is 13.1 Å². The van der Waals surface area contributed by atoms with Gasteiger partial charge in [-0.3, -0.25) is 4.79 Å². The van der Waals surface area contributed by atoms with Crippen molar-refractivity contribution in [1.82, 2.24) is 10.6 Å². The average Bonchev–Trinajstić information content (AvgIpc) is 2.57. The van der Waals surface area contributed by atoms with Gasteiger partial charge in [0.05, 0.1) is 13.2 Å². The van der Waals surface area contributed by atoms with Gasteiger partial charge in [0.1, 0.15) is 0 Å². The maximum atomic E-state index is 10.9. The fourth-order valence-electron chi connectivity index (χ4n) is 1.49. The molecule has 1 fully saturated rings. The average molecular weight is 186 g/mol. The molecule has 1 heterocycles. The van der Waals surface area contributed by atoms with Gasteiger partial charge in [-0.2, -0.15) is 0 Å². The number of esters is 1. The molecule has 0 aliphatic carbocycles. The largest absolute Gasteiger partial charge is 0.465 e. The van der Waals surface area contributed by atoms with Crippen LogP contribution >= 0.6 is 0 Å². The van der Waals surface area contributed by atoms with E-state index in [2.05, 4.69) is 10.6 Å². The SMILES string of the molecule is CCOC(=O)CNCC1CCCN1. The quantitative estimate of drug-likeness (QED) is 0.588. The van der Waals surface area contributed by atoms with Crippen molar-refractivity contribution < 1.29 is 9.53 Å². The van der Waals surface area contributed by atoms with Crippen molar-refractivity contribution in [2.75, 3.05) is 26.2 Å². The van der Waals surface area contributed by atoms with Crippen LogP contribution in [-0.4, -0.2) is 38.3 Å². The Balaban J connectivity index is 1.96. The van der Waals surface area contributed by atoms with E-state index < -0.39 is 0 Å². The monoisotopic (exact) mass is 186 g/mol. The molecule has 0 saturated carbocycles. The van der Waals surface area contributed by atoms with Gasteiger partial charge in [0.25, 0.3) is 0 Å². The first kappa shape index (κ1) is 10.5. The molecule has 1 saturated heterocycles. The summed E-state index contributed by atoms with van der Waals surface area (Å²) < 4.78 is 4.78. The lowest BCUT2D eigenvalue weighted by Crippen LogP contribution is -2.36. The first-order chi connectivity index (χ1) is 6.33. The van der Waals surface area contributed by atoms with Crippen molar-refractivity contribution in [2.24, 2.45) is 0 Å². The van der Waals surface area contributed by atoms with Crippen molar-refractivity contribution in [1.29, 1.82) is 0 Å². The number of rotatable bonds is 5. The van der Waals surface area contributed by atoms with E-state index in [1.54, 1.807) is 0 Å². The van der Waals surface area contributed by atoms with Crippen molar-refractivity contribution in [3.8, 4) is 0 Å². The van der Waals surface area contributed by atoms with E-state index in [1.165, 1.54) is 12.8 Å². The smallest absolute Gasteiger partial charge is 0.319 e. The number of hydrogen-bond donors (Lipinski definition) is 2. The molecule has 0 aromatic heterocycles. The Morgan fingerprint density at radius 1 is 1.69 bits per heavy atom. The van der Waals surface area contributed by atoms with E-state index in [9.17, 15) is 4.79 Å². The van der Waals surface area contributed by atoms with E-state index in [4.69, 9.17) is 4.74 Å². The van der Waals surface area contributed by atoms with Gasteiger partial charge in [-0.05, 0) is 26.3 Å². The molecule has 2 N–H and O–H groups in total. The molecule has 0 spiro atoms. The van der Waals surface area contributed by atoms with Crippen molar-refractivity contribution in [3.05, 3.63) is 0 Å². The van der Waals surface area contributed by atoms with E-state index >= 15 is 0 Å². The molecule has 76 valence electrons. The second kappa shape index (κ2) is 5.94. The van der Waals surface area contributed by atoms with Crippen LogP contribution in [0.3, 0.4) is 0 Å². The molecule has 13 heavy (non-hydrogen) atoms. The fraction of sp³-hybridized carbons (Fsp3) is 0.889. The minimum Gasteiger partial charge on any atom is -0.465 e. The van der Waals surface area contributed by atoms with Crippen LogP contribution in [0.2, 0.25) is 0 Å². The summed E-state index contributed by atoms with van der Waals surface area (Å²) in [5.74, 6) is -0.166. The lowest BCUT2D eigenvalue weighted by molar-refractivity contribution is -0.142. The summed E-state index contributed by atoms with van der Waals surface area (Å²) in [6.45, 7) is 4.56. The molecule has 1 aliphatic heterocycles. The zero-order chi connectivity index (χ0) is 9.52. The van der Waals surface area contributed by atoms with Crippen molar-refractivity contribution in [3.63, 3.8) is 0 Å². The first-order valence-corrected chi connectivity index (χ1v) is 4.92. The zero-order valence-corrected chi connectivity index (χ0v) is 8.14. The van der Waals surface area contributed by atoms with Gasteiger partial charge in [0, 0.05) is 12.6 Å². The second-order valence-corrected chi connectivity index (χ2v) is 3.23. The standard InChI is InChI=1S/C9H18N2O2/c1-2-13-9(12)7-10-6-8-4-3-5-11-8/h8,10-11H,2-7H2,1H3. The van der Waals surface area contributed by atoms with Gasteiger partial charge >= 0.3 is 5.97 Å². The Hall–Kier alpha value is -0.610. The molecule has 1 rings (SSSR count). The predicted octanol–water partition coefficient (Wildman–Crippen LogP) is -0.109. The minimum absolute atomic E-state index is 0.166. The van der Waals surface area contributed by atoms with Crippen LogP contribution in [0.25, 0.3) is 0 Å². The predicted molar refractivity (Wildman–Crippen MR) is 50.5 cm³/mol. The van der Waals surface area contributed by atoms with Gasteiger partial charge in [-0.25, -0.2) is 0 Å². The van der Waals surface area contributed by atoms with Gasteiger partial charge in [0.2, 0.25) is 0 Å². The van der Waals surface area contributed by atoms with Crippen LogP contribution in [0.1, 0.15) is 19.8 Å². The molecule has 1 aliphatic rings. The lowest BCUT2D eigenvalue weighted by atomic mass is 10.2. The van der Waals surface area contributed by atoms with Gasteiger partial charge in [-0.1, -0.05) is 0 Å². The van der Waals surface area contributed by atoms with Crippen LogP contribution in [0, 0.1) is 0 Å². The van der Waals surface area contributed by atoms with Gasteiger partial charge in [0.15, 0.2) is 0 Å². The molecule has 1 atom stereocenters. The molecular weight excluding hydrogens is 168 g/mol. The Morgan fingerprint density at radius 2 is 2.54 bits per heavy atom. The van der Waals surface area contributed by atoms with Crippen LogP contribution in [0.4, 0.5) is 0 Å². The van der Waals surface area contributed by atoms with Crippen LogP contribution in [-0.2, 0) is 9.53 Å². The molecule has 0 bridgehead atoms. The summed E-state index contributed by atoms with van der Waals surface area (Å²) in [5.41, 5.74) is 0. The number of hydrogen-bond acceptors (Lipinski definition) is 4. The van der Waals surface area contributed by atoms with Crippen LogP contribution in [0.5, 0.6) is 0 Å². The summed E-state index contributed by atoms with van der Waals surface area (Å²) in [6.07, 6.45) is 2.45. The summed E-state index contributed by atoms with van der Waals surface area (Å²) in [6, 6.07) is 0.537. The van der Waals surface area contributed by atoms with E-state index in [1.807, 2.05) is 6.92 Å². The molecule has 0 radical (unpaired) electrons. The van der Waals surface area contributed by atoms with E-state index in [0.29, 0.717) is 19.2 Å². The van der Waals surface area contributed by atoms with Gasteiger partial charge < -0.3 is 15.4 Å². The van der Waals surface area contributed by atoms with Crippen molar-refractivity contribution in [2.45, 2.75) is 25.8 Å². The number of carbonyl (C=O) groups is 1. The number of ether oxygens (including phenoxy) is 1. The maximum absolute atomic E-state index is 10.9. The summed E-state index contributed by atoms with van der Waals surface area (Å²) >= 11 is 0. The van der Waals surface area contributed by atoms with E-state index in [-0.39, 0.29) is 5.97 Å². The highest BCUT2D eigenvalue weighted by atomic mass is 16.5. The Morgan fingerprint density at radius 3 is 3.15 bits per heavy atom. The van der Waals surface area contributed by atoms with Gasteiger partial charge in [-0.15, -0.1) is 0 Å². The molecule has 1 unspecified atom stereocenters. The summed E-state index contributed by atoms with van der Waals surface area (Å²) in [5, 5.41) is 6.42. The van der Waals surface area contributed by atoms with Crippen LogP contribution in [0.15, 0.2) is 0 Å². The van der Waals surface area contributed by atoms with Crippen LogP contribution < -0.4 is 10.6 Å². The third kappa shape index (κ3) is 4.24. The zero-order valence-electron chi connectivity index (χ0n) is 8.14. The first-order valence-electron chi connectivity index (χ1n) is 4.92. The molecule has 0 aromatic rings. The Labute approximate surface area is 79.0 Å². The minimum atomic E-state index is -0.166. The summed E-state index contributed by atoms with van der Waals surface area (Å²) in [7, 11) is 0. The second-order valence-electron chi connectivity index (χ2n) is 3.23. The lowest BCUT2D eigenvalue weighted by Gasteiger charge is -2.10. The highest BCUT2D eigenvalue weighted by Crippen LogP contribution is 2.02. The maximum Gasteiger partial charge on any atom is 0.319 e. The Kier molecular flexibility index (Phi) is 4.78. The molecule has 0 aromatic carbocycles. The summed E-state index contributed by atoms with van der Waals surface area (Å²) in [4.78, 5) is 10.9. The molecule has 4 heteroatoms. The third-order valence-corrected chi connectivity index (χ3v) is 2.13. The van der Waals surface area contributed by atoms with Crippen molar-refractivity contribution >= 4 is 5.97 Å².